The van der Waals surface area contributed by atoms with E-state index in [4.69, 9.17) is 33.0 Å². The first-order chi connectivity index (χ1) is 14.5. The summed E-state index contributed by atoms with van der Waals surface area (Å²) in [5.74, 6) is 1.00. The van der Waals surface area contributed by atoms with Gasteiger partial charge in [0.25, 0.3) is 0 Å². The van der Waals surface area contributed by atoms with Crippen LogP contribution in [0.15, 0.2) is 41.5 Å². The second kappa shape index (κ2) is 7.74. The minimum atomic E-state index is -0.391. The standard InChI is InChI=1S/C24H27Cl2N3O/c1-3-10-28-11-8-24(9-12-28)29-22(19-13-16(2)4-7-23(19)30-24)15-21(27-29)18-6-5-17(25)14-20(18)26/h4-7,13-14,22H,3,8-12,15H2,1-2H3. The van der Waals surface area contributed by atoms with Gasteiger partial charge in [0.15, 0.2) is 0 Å². The zero-order chi connectivity index (χ0) is 20.9. The van der Waals surface area contributed by atoms with Gasteiger partial charge < -0.3 is 9.64 Å². The summed E-state index contributed by atoms with van der Waals surface area (Å²) in [4.78, 5) is 2.53. The number of fused-ring (bicyclic) bond motifs is 4. The predicted molar refractivity (Wildman–Crippen MR) is 123 cm³/mol. The first-order valence-corrected chi connectivity index (χ1v) is 11.6. The lowest BCUT2D eigenvalue weighted by atomic mass is 9.90. The molecule has 6 heteroatoms. The van der Waals surface area contributed by atoms with Crippen LogP contribution in [0.25, 0.3) is 0 Å². The number of rotatable bonds is 3. The maximum Gasteiger partial charge on any atom is 0.200 e. The van der Waals surface area contributed by atoms with Gasteiger partial charge in [-0.15, -0.1) is 0 Å². The van der Waals surface area contributed by atoms with Gasteiger partial charge >= 0.3 is 0 Å². The zero-order valence-corrected chi connectivity index (χ0v) is 19.0. The van der Waals surface area contributed by atoms with Gasteiger partial charge in [-0.2, -0.15) is 5.10 Å². The topological polar surface area (TPSA) is 28.1 Å². The summed E-state index contributed by atoms with van der Waals surface area (Å²) in [5.41, 5.74) is 4.04. The lowest BCUT2D eigenvalue weighted by Crippen LogP contribution is -2.59. The van der Waals surface area contributed by atoms with Crippen molar-refractivity contribution in [3.05, 3.63) is 63.1 Å². The molecule has 3 heterocycles. The number of piperidine rings is 1. The summed E-state index contributed by atoms with van der Waals surface area (Å²) >= 11 is 12.7. The zero-order valence-electron chi connectivity index (χ0n) is 17.5. The van der Waals surface area contributed by atoms with Gasteiger partial charge in [0.05, 0.1) is 16.8 Å². The van der Waals surface area contributed by atoms with E-state index in [0.717, 1.165) is 55.9 Å². The molecule has 1 atom stereocenters. The average molecular weight is 444 g/mol. The number of aryl methyl sites for hydroxylation is 1. The predicted octanol–water partition coefficient (Wildman–Crippen LogP) is 6.05. The van der Waals surface area contributed by atoms with Crippen LogP contribution in [0.5, 0.6) is 5.75 Å². The van der Waals surface area contributed by atoms with Crippen molar-refractivity contribution in [1.29, 1.82) is 0 Å². The molecular formula is C24H27Cl2N3O. The summed E-state index contributed by atoms with van der Waals surface area (Å²) in [6.45, 7) is 7.58. The summed E-state index contributed by atoms with van der Waals surface area (Å²) in [6, 6.07) is 12.4. The molecule has 0 amide bonds. The van der Waals surface area contributed by atoms with Crippen LogP contribution in [-0.4, -0.2) is 41.0 Å². The van der Waals surface area contributed by atoms with Gasteiger partial charge in [-0.3, -0.25) is 0 Å². The van der Waals surface area contributed by atoms with Crippen molar-refractivity contribution in [2.45, 2.75) is 51.3 Å². The highest BCUT2D eigenvalue weighted by molar-refractivity contribution is 6.37. The van der Waals surface area contributed by atoms with E-state index in [2.05, 4.69) is 42.0 Å². The quantitative estimate of drug-likeness (QED) is 0.577. The number of likely N-dealkylation sites (tertiary alicyclic amines) is 1. The van der Waals surface area contributed by atoms with Gasteiger partial charge in [-0.05, 0) is 38.1 Å². The highest BCUT2D eigenvalue weighted by Gasteiger charge is 2.51. The molecule has 0 saturated carbocycles. The Morgan fingerprint density at radius 1 is 1.13 bits per heavy atom. The van der Waals surface area contributed by atoms with E-state index in [9.17, 15) is 0 Å². The van der Waals surface area contributed by atoms with Crippen molar-refractivity contribution in [3.63, 3.8) is 0 Å². The van der Waals surface area contributed by atoms with Crippen LogP contribution in [0.3, 0.4) is 0 Å². The van der Waals surface area contributed by atoms with Crippen LogP contribution in [0, 0.1) is 6.92 Å². The van der Waals surface area contributed by atoms with Gasteiger partial charge in [0, 0.05) is 48.5 Å². The maximum atomic E-state index is 6.73. The molecule has 30 heavy (non-hydrogen) atoms. The highest BCUT2D eigenvalue weighted by Crippen LogP contribution is 2.50. The fraction of sp³-hybridized carbons (Fsp3) is 0.458. The van der Waals surface area contributed by atoms with Crippen molar-refractivity contribution in [1.82, 2.24) is 9.91 Å². The van der Waals surface area contributed by atoms with Crippen LogP contribution in [-0.2, 0) is 0 Å². The Morgan fingerprint density at radius 2 is 1.93 bits per heavy atom. The molecule has 3 aliphatic heterocycles. The first-order valence-electron chi connectivity index (χ1n) is 10.8. The Labute approximate surface area is 188 Å². The van der Waals surface area contributed by atoms with Crippen molar-refractivity contribution in [2.24, 2.45) is 5.10 Å². The molecule has 0 N–H and O–H groups in total. The van der Waals surface area contributed by atoms with E-state index in [1.807, 2.05) is 12.1 Å². The summed E-state index contributed by atoms with van der Waals surface area (Å²) in [7, 11) is 0. The smallest absolute Gasteiger partial charge is 0.200 e. The first kappa shape index (κ1) is 20.2. The molecule has 1 unspecified atom stereocenters. The summed E-state index contributed by atoms with van der Waals surface area (Å²) in [5, 5.41) is 8.67. The monoisotopic (exact) mass is 443 g/mol. The van der Waals surface area contributed by atoms with E-state index in [1.54, 1.807) is 6.07 Å². The van der Waals surface area contributed by atoms with Crippen LogP contribution in [0.4, 0.5) is 0 Å². The lowest BCUT2D eigenvalue weighted by Gasteiger charge is -2.51. The van der Waals surface area contributed by atoms with Gasteiger partial charge in [-0.1, -0.05) is 53.9 Å². The Kier molecular flexibility index (Phi) is 5.20. The number of benzene rings is 2. The van der Waals surface area contributed by atoms with E-state index < -0.39 is 5.72 Å². The normalized spacial score (nSPS) is 22.5. The largest absolute Gasteiger partial charge is 0.466 e. The minimum Gasteiger partial charge on any atom is -0.466 e. The van der Waals surface area contributed by atoms with Gasteiger partial charge in [-0.25, -0.2) is 5.01 Å². The molecule has 2 aromatic rings. The SMILES string of the molecule is CCCN1CCC2(CC1)Oc1ccc(C)cc1C1CC(c3ccc(Cl)cc3Cl)=NN12. The third kappa shape index (κ3) is 3.39. The van der Waals surface area contributed by atoms with E-state index >= 15 is 0 Å². The van der Waals surface area contributed by atoms with Crippen LogP contribution < -0.4 is 4.74 Å². The molecule has 1 fully saturated rings. The molecule has 5 rings (SSSR count). The summed E-state index contributed by atoms with van der Waals surface area (Å²) < 4.78 is 6.73. The number of hydrogen-bond acceptors (Lipinski definition) is 4. The number of hydrazone groups is 1. The molecule has 158 valence electrons. The summed E-state index contributed by atoms with van der Waals surface area (Å²) in [6.07, 6.45) is 3.89. The Hall–Kier alpha value is -1.75. The molecule has 3 aliphatic rings. The molecule has 2 aromatic carbocycles. The number of nitrogens with zero attached hydrogens (tertiary/aromatic N) is 3. The van der Waals surface area contributed by atoms with Crippen molar-refractivity contribution >= 4 is 28.9 Å². The van der Waals surface area contributed by atoms with Crippen molar-refractivity contribution in [3.8, 4) is 5.75 Å². The third-order valence-corrected chi connectivity index (χ3v) is 7.12. The molecule has 0 bridgehead atoms. The Bertz CT molecular complexity index is 998. The van der Waals surface area contributed by atoms with Crippen molar-refractivity contribution in [2.75, 3.05) is 19.6 Å². The van der Waals surface area contributed by atoms with Crippen molar-refractivity contribution < 1.29 is 4.74 Å². The molecular weight excluding hydrogens is 417 g/mol. The molecule has 0 radical (unpaired) electrons. The number of halogens is 2. The molecule has 0 aliphatic carbocycles. The van der Waals surface area contributed by atoms with Gasteiger partial charge in [0.2, 0.25) is 5.72 Å². The highest BCUT2D eigenvalue weighted by atomic mass is 35.5. The Morgan fingerprint density at radius 3 is 2.67 bits per heavy atom. The molecule has 4 nitrogen and oxygen atoms in total. The third-order valence-electron chi connectivity index (χ3n) is 6.57. The van der Waals surface area contributed by atoms with E-state index in [0.29, 0.717) is 10.0 Å². The number of ether oxygens (including phenoxy) is 1. The minimum absolute atomic E-state index is 0.174. The molecule has 1 spiro atoms. The second-order valence-electron chi connectivity index (χ2n) is 8.67. The average Bonchev–Trinajstić information content (AvgIpc) is 3.17. The van der Waals surface area contributed by atoms with Crippen LogP contribution in [0.1, 0.15) is 55.3 Å². The van der Waals surface area contributed by atoms with Crippen LogP contribution in [0.2, 0.25) is 10.0 Å². The maximum absolute atomic E-state index is 6.73. The second-order valence-corrected chi connectivity index (χ2v) is 9.51. The van der Waals surface area contributed by atoms with Gasteiger partial charge in [0.1, 0.15) is 5.75 Å². The van der Waals surface area contributed by atoms with E-state index in [-0.39, 0.29) is 6.04 Å². The fourth-order valence-corrected chi connectivity index (χ4v) is 5.58. The molecule has 0 aromatic heterocycles. The molecule has 1 saturated heterocycles. The van der Waals surface area contributed by atoms with E-state index in [1.165, 1.54) is 17.5 Å². The fourth-order valence-electron chi connectivity index (χ4n) is 5.06. The van der Waals surface area contributed by atoms with Crippen LogP contribution >= 0.6 is 23.2 Å². The Balaban J connectivity index is 1.54. The number of hydrogen-bond donors (Lipinski definition) is 0. The lowest BCUT2D eigenvalue weighted by molar-refractivity contribution is -0.149.